The number of rotatable bonds is 4. The summed E-state index contributed by atoms with van der Waals surface area (Å²) < 4.78 is 10.5. The van der Waals surface area contributed by atoms with Crippen LogP contribution in [-0.2, 0) is 10.5 Å². The molecular weight excluding hydrogens is 416 g/mol. The summed E-state index contributed by atoms with van der Waals surface area (Å²) >= 11 is 1.29. The van der Waals surface area contributed by atoms with Crippen molar-refractivity contribution < 1.29 is 24.5 Å². The number of aliphatic hydroxyl groups is 1. The fraction of sp³-hybridized carbons (Fsp3) is 0.304. The second kappa shape index (κ2) is 7.84. The summed E-state index contributed by atoms with van der Waals surface area (Å²) in [6.07, 6.45) is -0.00178. The summed E-state index contributed by atoms with van der Waals surface area (Å²) in [7, 11) is 2.84. The first-order chi connectivity index (χ1) is 14.8. The number of fused-ring (bicyclic) bond motifs is 1. The maximum absolute atomic E-state index is 13.2. The standard InChI is InChI=1S/C23H22N2O5S/c1-13-4-6-15(7-5-13)23(28)12-31-22-17(11-24)16(10-20(26)25(22)23)14-8-18(29-2)21(27)19(9-14)30-3/h4-9,16,27-28H,10,12H2,1-3H3/t16-,23+/m1/s1. The van der Waals surface area contributed by atoms with E-state index in [1.54, 1.807) is 24.3 Å². The van der Waals surface area contributed by atoms with Crippen molar-refractivity contribution in [3.05, 3.63) is 63.7 Å². The average Bonchev–Trinajstić information content (AvgIpc) is 3.13. The average molecular weight is 439 g/mol. The lowest BCUT2D eigenvalue weighted by Crippen LogP contribution is -2.48. The minimum absolute atomic E-state index is 0.00178. The topological polar surface area (TPSA) is 103 Å². The molecule has 2 aromatic rings. The SMILES string of the molecule is COc1cc([C@H]2CC(=O)N3C(=C2C#N)SC[C@]3(O)c2ccc(C)cc2)cc(OC)c1O. The van der Waals surface area contributed by atoms with Crippen LogP contribution in [0, 0.1) is 18.3 Å². The Bertz CT molecular complexity index is 1100. The Kier molecular flexibility index (Phi) is 5.33. The van der Waals surface area contributed by atoms with Gasteiger partial charge in [0.25, 0.3) is 0 Å². The molecule has 7 nitrogen and oxygen atoms in total. The van der Waals surface area contributed by atoms with Crippen LogP contribution in [0.25, 0.3) is 0 Å². The minimum atomic E-state index is -1.51. The molecule has 0 unspecified atom stereocenters. The number of carbonyl (C=O) groups is 1. The second-order valence-corrected chi connectivity index (χ2v) is 8.53. The van der Waals surface area contributed by atoms with Gasteiger partial charge in [0.15, 0.2) is 17.2 Å². The Morgan fingerprint density at radius 2 is 1.81 bits per heavy atom. The molecule has 0 aliphatic carbocycles. The molecule has 31 heavy (non-hydrogen) atoms. The van der Waals surface area contributed by atoms with Gasteiger partial charge in [0, 0.05) is 17.9 Å². The highest BCUT2D eigenvalue weighted by molar-refractivity contribution is 8.03. The molecule has 0 radical (unpaired) electrons. The van der Waals surface area contributed by atoms with Gasteiger partial charge in [-0.05, 0) is 24.6 Å². The summed E-state index contributed by atoms with van der Waals surface area (Å²) in [4.78, 5) is 14.6. The van der Waals surface area contributed by atoms with Gasteiger partial charge >= 0.3 is 0 Å². The fourth-order valence-corrected chi connectivity index (χ4v) is 5.42. The lowest BCUT2D eigenvalue weighted by molar-refractivity contribution is -0.149. The Hall–Kier alpha value is -3.15. The van der Waals surface area contributed by atoms with Gasteiger partial charge in [-0.2, -0.15) is 5.26 Å². The van der Waals surface area contributed by atoms with Crippen LogP contribution >= 0.6 is 11.8 Å². The number of phenolic OH excluding ortho intramolecular Hbond substituents is 1. The maximum Gasteiger partial charge on any atom is 0.231 e. The van der Waals surface area contributed by atoms with Crippen molar-refractivity contribution in [3.8, 4) is 23.3 Å². The van der Waals surface area contributed by atoms with Crippen molar-refractivity contribution in [2.24, 2.45) is 0 Å². The predicted octanol–water partition coefficient (Wildman–Crippen LogP) is 3.36. The highest BCUT2D eigenvalue weighted by atomic mass is 32.2. The number of hydrogen-bond acceptors (Lipinski definition) is 7. The molecule has 0 spiro atoms. The number of hydrogen-bond donors (Lipinski definition) is 2. The number of aryl methyl sites for hydroxylation is 1. The largest absolute Gasteiger partial charge is 0.502 e. The Morgan fingerprint density at radius 3 is 2.35 bits per heavy atom. The molecule has 2 atom stereocenters. The van der Waals surface area contributed by atoms with E-state index in [1.807, 2.05) is 19.1 Å². The van der Waals surface area contributed by atoms with Crippen LogP contribution in [0.4, 0.5) is 0 Å². The number of carbonyl (C=O) groups excluding carboxylic acids is 1. The van der Waals surface area contributed by atoms with Gasteiger partial charge in [0.05, 0.1) is 36.6 Å². The Labute approximate surface area is 184 Å². The summed E-state index contributed by atoms with van der Waals surface area (Å²) in [5.41, 5.74) is 1.16. The molecule has 0 saturated carbocycles. The third kappa shape index (κ3) is 3.30. The van der Waals surface area contributed by atoms with Crippen LogP contribution < -0.4 is 9.47 Å². The number of aromatic hydroxyl groups is 1. The predicted molar refractivity (Wildman–Crippen MR) is 116 cm³/mol. The van der Waals surface area contributed by atoms with E-state index in [0.29, 0.717) is 21.7 Å². The van der Waals surface area contributed by atoms with E-state index < -0.39 is 11.6 Å². The van der Waals surface area contributed by atoms with E-state index in [2.05, 4.69) is 6.07 Å². The van der Waals surface area contributed by atoms with E-state index in [1.165, 1.54) is 30.9 Å². The Balaban J connectivity index is 1.82. The van der Waals surface area contributed by atoms with E-state index in [9.17, 15) is 20.3 Å². The van der Waals surface area contributed by atoms with Crippen LogP contribution in [0.2, 0.25) is 0 Å². The molecule has 0 aromatic heterocycles. The van der Waals surface area contributed by atoms with Gasteiger partial charge in [-0.15, -0.1) is 11.8 Å². The van der Waals surface area contributed by atoms with E-state index in [4.69, 9.17) is 9.47 Å². The van der Waals surface area contributed by atoms with Crippen LogP contribution in [-0.4, -0.2) is 41.0 Å². The molecule has 4 rings (SSSR count). The number of thioether (sulfide) groups is 1. The van der Waals surface area contributed by atoms with Crippen LogP contribution in [0.15, 0.2) is 47.0 Å². The number of nitrogens with zero attached hydrogens (tertiary/aromatic N) is 2. The van der Waals surface area contributed by atoms with E-state index in [0.717, 1.165) is 5.56 Å². The summed E-state index contributed by atoms with van der Waals surface area (Å²) in [5.74, 6) is -0.341. The van der Waals surface area contributed by atoms with Gasteiger partial charge < -0.3 is 19.7 Å². The first kappa shape index (κ1) is 21.1. The number of benzene rings is 2. The van der Waals surface area contributed by atoms with Crippen LogP contribution in [0.1, 0.15) is 29.0 Å². The quantitative estimate of drug-likeness (QED) is 0.754. The van der Waals surface area contributed by atoms with E-state index >= 15 is 0 Å². The summed E-state index contributed by atoms with van der Waals surface area (Å²) in [6.45, 7) is 1.95. The number of amides is 1. The molecule has 1 amide bonds. The normalized spacial score (nSPS) is 22.9. The molecule has 160 valence electrons. The van der Waals surface area contributed by atoms with Gasteiger partial charge in [-0.3, -0.25) is 9.69 Å². The molecule has 2 N–H and O–H groups in total. The number of allylic oxidation sites excluding steroid dienone is 1. The molecule has 1 fully saturated rings. The number of methoxy groups -OCH3 is 2. The number of nitriles is 1. The first-order valence-electron chi connectivity index (χ1n) is 9.68. The zero-order valence-electron chi connectivity index (χ0n) is 17.4. The lowest BCUT2D eigenvalue weighted by Gasteiger charge is -2.38. The molecule has 2 aliphatic rings. The van der Waals surface area contributed by atoms with Gasteiger partial charge in [0.1, 0.15) is 0 Å². The van der Waals surface area contributed by atoms with Crippen molar-refractivity contribution in [1.82, 2.24) is 4.90 Å². The van der Waals surface area contributed by atoms with Crippen LogP contribution in [0.3, 0.4) is 0 Å². The van der Waals surface area contributed by atoms with Gasteiger partial charge in [0.2, 0.25) is 11.7 Å². The van der Waals surface area contributed by atoms with Crippen molar-refractivity contribution >= 4 is 17.7 Å². The second-order valence-electron chi connectivity index (χ2n) is 7.56. The molecule has 8 heteroatoms. The monoisotopic (exact) mass is 438 g/mol. The molecule has 0 bridgehead atoms. The van der Waals surface area contributed by atoms with Crippen LogP contribution in [0.5, 0.6) is 17.2 Å². The third-order valence-electron chi connectivity index (χ3n) is 5.73. The third-order valence-corrected chi connectivity index (χ3v) is 6.95. The maximum atomic E-state index is 13.2. The van der Waals surface area contributed by atoms with E-state index in [-0.39, 0.29) is 35.3 Å². The zero-order valence-corrected chi connectivity index (χ0v) is 18.2. The van der Waals surface area contributed by atoms with Crippen molar-refractivity contribution in [2.75, 3.05) is 20.0 Å². The molecule has 2 heterocycles. The van der Waals surface area contributed by atoms with Crippen molar-refractivity contribution in [3.63, 3.8) is 0 Å². The fourth-order valence-electron chi connectivity index (χ4n) is 4.06. The molecule has 1 saturated heterocycles. The smallest absolute Gasteiger partial charge is 0.231 e. The first-order valence-corrected chi connectivity index (χ1v) is 10.7. The zero-order chi connectivity index (χ0) is 22.3. The molecular formula is C23H22N2O5S. The van der Waals surface area contributed by atoms with Crippen molar-refractivity contribution in [1.29, 1.82) is 5.26 Å². The number of phenols is 1. The number of ether oxygens (including phenoxy) is 2. The van der Waals surface area contributed by atoms with Gasteiger partial charge in [-0.1, -0.05) is 29.8 Å². The highest BCUT2D eigenvalue weighted by Crippen LogP contribution is 2.52. The highest BCUT2D eigenvalue weighted by Gasteiger charge is 2.51. The summed E-state index contributed by atoms with van der Waals surface area (Å²) in [6, 6.07) is 12.8. The summed E-state index contributed by atoms with van der Waals surface area (Å²) in [5, 5.41) is 32.1. The lowest BCUT2D eigenvalue weighted by atomic mass is 9.85. The molecule has 2 aromatic carbocycles. The molecule has 2 aliphatic heterocycles. The Morgan fingerprint density at radius 1 is 1.19 bits per heavy atom. The van der Waals surface area contributed by atoms with Crippen molar-refractivity contribution in [2.45, 2.75) is 25.0 Å². The van der Waals surface area contributed by atoms with Gasteiger partial charge in [-0.25, -0.2) is 0 Å². The minimum Gasteiger partial charge on any atom is -0.502 e.